The fourth-order valence-electron chi connectivity index (χ4n) is 3.69. The Bertz CT molecular complexity index is 670. The fraction of sp³-hybridized carbons (Fsp3) is 0.579. The molecule has 7 heteroatoms. The molecule has 2 N–H and O–H groups in total. The third-order valence-corrected chi connectivity index (χ3v) is 5.42. The lowest BCUT2D eigenvalue weighted by Crippen LogP contribution is -2.50. The number of aliphatic hydroxyl groups is 2. The molecule has 0 aromatic heterocycles. The summed E-state index contributed by atoms with van der Waals surface area (Å²) in [5.74, 6) is 0.311. The third-order valence-electron chi connectivity index (χ3n) is 5.42. The van der Waals surface area contributed by atoms with Crippen molar-refractivity contribution in [3.8, 4) is 5.75 Å². The topological polar surface area (TPSA) is 90.3 Å². The first-order valence-electron chi connectivity index (χ1n) is 8.97. The number of benzene rings is 1. The van der Waals surface area contributed by atoms with Crippen LogP contribution >= 0.6 is 0 Å². The van der Waals surface area contributed by atoms with Gasteiger partial charge in [-0.05, 0) is 18.9 Å². The normalized spacial score (nSPS) is 22.6. The Morgan fingerprint density at radius 2 is 2.00 bits per heavy atom. The highest BCUT2D eigenvalue weighted by Gasteiger charge is 2.39. The lowest BCUT2D eigenvalue weighted by molar-refractivity contribution is -0.141. The molecule has 142 valence electrons. The molecule has 0 saturated carbocycles. The van der Waals surface area contributed by atoms with E-state index < -0.39 is 5.60 Å². The van der Waals surface area contributed by atoms with Crippen LogP contribution in [-0.2, 0) is 16.1 Å². The summed E-state index contributed by atoms with van der Waals surface area (Å²) in [6.07, 6.45) is 0.941. The monoisotopic (exact) mass is 362 g/mol. The second kappa shape index (κ2) is 7.63. The molecule has 0 bridgehead atoms. The van der Waals surface area contributed by atoms with Crippen LogP contribution in [0.25, 0.3) is 0 Å². The number of ether oxygens (including phenoxy) is 1. The third kappa shape index (κ3) is 3.83. The summed E-state index contributed by atoms with van der Waals surface area (Å²) in [5, 5.41) is 19.3. The van der Waals surface area contributed by atoms with E-state index >= 15 is 0 Å². The number of carbonyl (C=O) groups is 2. The number of amides is 2. The molecule has 26 heavy (non-hydrogen) atoms. The maximum absolute atomic E-state index is 12.7. The van der Waals surface area contributed by atoms with Gasteiger partial charge in [-0.15, -0.1) is 0 Å². The van der Waals surface area contributed by atoms with Gasteiger partial charge in [0.05, 0.1) is 25.2 Å². The lowest BCUT2D eigenvalue weighted by atomic mass is 9.91. The minimum atomic E-state index is -1.09. The van der Waals surface area contributed by atoms with Gasteiger partial charge in [-0.3, -0.25) is 9.59 Å². The zero-order chi connectivity index (χ0) is 18.7. The number of para-hydroxylation sites is 1. The van der Waals surface area contributed by atoms with Gasteiger partial charge in [0.1, 0.15) is 5.75 Å². The van der Waals surface area contributed by atoms with E-state index in [2.05, 4.69) is 0 Å². The number of rotatable bonds is 5. The Hall–Kier alpha value is -2.12. The SMILES string of the molecule is COc1ccccc1CN1C[C@H](C(=O)N2CCC(O)(CO)CC2)CC1=O. The second-order valence-electron chi connectivity index (χ2n) is 7.19. The van der Waals surface area contributed by atoms with E-state index in [1.165, 1.54) is 0 Å². The van der Waals surface area contributed by atoms with Crippen molar-refractivity contribution in [3.05, 3.63) is 29.8 Å². The summed E-state index contributed by atoms with van der Waals surface area (Å²) in [5.41, 5.74) is -0.166. The average Bonchev–Trinajstić information content (AvgIpc) is 3.03. The van der Waals surface area contributed by atoms with Gasteiger partial charge in [0, 0.05) is 38.2 Å². The summed E-state index contributed by atoms with van der Waals surface area (Å²) in [6, 6.07) is 7.55. The van der Waals surface area contributed by atoms with Crippen molar-refractivity contribution >= 4 is 11.8 Å². The van der Waals surface area contributed by atoms with E-state index in [0.717, 1.165) is 11.3 Å². The fourth-order valence-corrected chi connectivity index (χ4v) is 3.69. The minimum absolute atomic E-state index is 0.0295. The molecule has 0 spiro atoms. The highest BCUT2D eigenvalue weighted by atomic mass is 16.5. The van der Waals surface area contributed by atoms with Gasteiger partial charge in [0.2, 0.25) is 11.8 Å². The first kappa shape index (κ1) is 18.7. The van der Waals surface area contributed by atoms with E-state index in [9.17, 15) is 19.8 Å². The van der Waals surface area contributed by atoms with Crippen LogP contribution in [0.2, 0.25) is 0 Å². The lowest BCUT2D eigenvalue weighted by Gasteiger charge is -2.37. The Labute approximate surface area is 153 Å². The van der Waals surface area contributed by atoms with Gasteiger partial charge in [-0.1, -0.05) is 18.2 Å². The molecule has 1 aromatic rings. The van der Waals surface area contributed by atoms with E-state index in [1.807, 2.05) is 24.3 Å². The standard InChI is InChI=1S/C19H26N2O5/c1-26-16-5-3-2-4-14(16)11-21-12-15(10-17(21)23)18(24)20-8-6-19(25,13-22)7-9-20/h2-5,15,22,25H,6-13H2,1H3/t15-/m1/s1. The maximum Gasteiger partial charge on any atom is 0.227 e. The molecular weight excluding hydrogens is 336 g/mol. The van der Waals surface area contributed by atoms with Crippen molar-refractivity contribution in [1.82, 2.24) is 9.80 Å². The van der Waals surface area contributed by atoms with Crippen LogP contribution in [0.5, 0.6) is 5.75 Å². The molecule has 1 atom stereocenters. The number of piperidine rings is 1. The van der Waals surface area contributed by atoms with Crippen LogP contribution in [0.3, 0.4) is 0 Å². The van der Waals surface area contributed by atoms with E-state index in [4.69, 9.17) is 4.74 Å². The van der Waals surface area contributed by atoms with Gasteiger partial charge < -0.3 is 24.7 Å². The Morgan fingerprint density at radius 3 is 2.65 bits per heavy atom. The number of hydrogen-bond acceptors (Lipinski definition) is 5. The van der Waals surface area contributed by atoms with Gasteiger partial charge in [-0.25, -0.2) is 0 Å². The number of hydrogen-bond donors (Lipinski definition) is 2. The molecule has 0 aliphatic carbocycles. The quantitative estimate of drug-likeness (QED) is 0.791. The van der Waals surface area contributed by atoms with Crippen molar-refractivity contribution < 1.29 is 24.5 Å². The largest absolute Gasteiger partial charge is 0.496 e. The zero-order valence-corrected chi connectivity index (χ0v) is 15.1. The highest BCUT2D eigenvalue weighted by Crippen LogP contribution is 2.28. The van der Waals surface area contributed by atoms with Gasteiger partial charge >= 0.3 is 0 Å². The van der Waals surface area contributed by atoms with E-state index in [0.29, 0.717) is 39.0 Å². The summed E-state index contributed by atoms with van der Waals surface area (Å²) in [4.78, 5) is 28.5. The molecule has 1 aromatic carbocycles. The van der Waals surface area contributed by atoms with Crippen LogP contribution < -0.4 is 4.74 Å². The molecule has 2 heterocycles. The van der Waals surface area contributed by atoms with Crippen LogP contribution in [0.4, 0.5) is 0 Å². The molecule has 7 nitrogen and oxygen atoms in total. The Kier molecular flexibility index (Phi) is 5.48. The van der Waals surface area contributed by atoms with Crippen molar-refractivity contribution in [2.45, 2.75) is 31.4 Å². The van der Waals surface area contributed by atoms with E-state index in [-0.39, 0.29) is 30.8 Å². The van der Waals surface area contributed by atoms with Crippen LogP contribution in [0.1, 0.15) is 24.8 Å². The molecule has 0 radical (unpaired) electrons. The number of nitrogens with zero attached hydrogens (tertiary/aromatic N) is 2. The van der Waals surface area contributed by atoms with Crippen molar-refractivity contribution in [2.75, 3.05) is 33.4 Å². The molecule has 2 aliphatic heterocycles. The highest BCUT2D eigenvalue weighted by molar-refractivity contribution is 5.89. The zero-order valence-electron chi connectivity index (χ0n) is 15.1. The van der Waals surface area contributed by atoms with Gasteiger partial charge in [-0.2, -0.15) is 0 Å². The number of likely N-dealkylation sites (tertiary alicyclic amines) is 2. The van der Waals surface area contributed by atoms with Gasteiger partial charge in [0.25, 0.3) is 0 Å². The molecule has 2 aliphatic rings. The Balaban J connectivity index is 1.60. The summed E-state index contributed by atoms with van der Waals surface area (Å²) in [7, 11) is 1.60. The summed E-state index contributed by atoms with van der Waals surface area (Å²) < 4.78 is 5.33. The second-order valence-corrected chi connectivity index (χ2v) is 7.19. The average molecular weight is 362 g/mol. The molecule has 2 fully saturated rings. The van der Waals surface area contributed by atoms with Crippen LogP contribution in [-0.4, -0.2) is 70.8 Å². The molecule has 2 amide bonds. The first-order valence-corrected chi connectivity index (χ1v) is 8.97. The number of carbonyl (C=O) groups excluding carboxylic acids is 2. The van der Waals surface area contributed by atoms with Crippen molar-refractivity contribution in [3.63, 3.8) is 0 Å². The number of methoxy groups -OCH3 is 1. The maximum atomic E-state index is 12.7. The number of aliphatic hydroxyl groups excluding tert-OH is 1. The van der Waals surface area contributed by atoms with Crippen LogP contribution in [0.15, 0.2) is 24.3 Å². The smallest absolute Gasteiger partial charge is 0.227 e. The molecule has 0 unspecified atom stereocenters. The summed E-state index contributed by atoms with van der Waals surface area (Å²) in [6.45, 7) is 1.36. The Morgan fingerprint density at radius 1 is 1.31 bits per heavy atom. The molecular formula is C19H26N2O5. The molecule has 3 rings (SSSR count). The predicted molar refractivity (Wildman–Crippen MR) is 94.4 cm³/mol. The van der Waals surface area contributed by atoms with Crippen molar-refractivity contribution in [1.29, 1.82) is 0 Å². The predicted octanol–water partition coefficient (Wildman–Crippen LogP) is 0.390. The molecule has 2 saturated heterocycles. The first-order chi connectivity index (χ1) is 12.5. The van der Waals surface area contributed by atoms with Crippen molar-refractivity contribution in [2.24, 2.45) is 5.92 Å². The summed E-state index contributed by atoms with van der Waals surface area (Å²) >= 11 is 0. The van der Waals surface area contributed by atoms with E-state index in [1.54, 1.807) is 16.9 Å². The van der Waals surface area contributed by atoms with Crippen LogP contribution in [0, 0.1) is 5.92 Å². The minimum Gasteiger partial charge on any atom is -0.496 e. The van der Waals surface area contributed by atoms with Gasteiger partial charge in [0.15, 0.2) is 0 Å².